The lowest BCUT2D eigenvalue weighted by Gasteiger charge is -2.12. The first-order chi connectivity index (χ1) is 18.0. The third-order valence-electron chi connectivity index (χ3n) is 5.53. The fourth-order valence-corrected chi connectivity index (χ4v) is 5.74. The van der Waals surface area contributed by atoms with Crippen molar-refractivity contribution in [1.29, 1.82) is 0 Å². The molecule has 0 radical (unpaired) electrons. The number of amides is 1. The number of rotatable bonds is 8. The molecule has 2 heterocycles. The standard InChI is InChI=1S/C27H21Cl2N5OS2/c1-17-7-5-6-10-23(17)34-25(18-8-3-2-4-9-18)32-33-27(34)36-16-24(35)31-26-30-15-21(37-26)14-19-13-20(28)11-12-22(19)29/h2-13,15H,14,16H2,1H3,(H,30,31,35). The van der Waals surface area contributed by atoms with Crippen LogP contribution in [0.15, 0.2) is 84.1 Å². The Morgan fingerprint density at radius 3 is 2.62 bits per heavy atom. The maximum absolute atomic E-state index is 12.8. The van der Waals surface area contributed by atoms with Crippen LogP contribution in [0.4, 0.5) is 5.13 Å². The van der Waals surface area contributed by atoms with Gasteiger partial charge in [0.1, 0.15) is 0 Å². The average Bonchev–Trinajstić information content (AvgIpc) is 3.52. The summed E-state index contributed by atoms with van der Waals surface area (Å²) in [5.41, 5.74) is 3.92. The highest BCUT2D eigenvalue weighted by atomic mass is 35.5. The number of carbonyl (C=O) groups excluding carboxylic acids is 1. The summed E-state index contributed by atoms with van der Waals surface area (Å²) < 4.78 is 2.00. The zero-order valence-corrected chi connectivity index (χ0v) is 22.8. The first-order valence-electron chi connectivity index (χ1n) is 11.4. The summed E-state index contributed by atoms with van der Waals surface area (Å²) in [5.74, 6) is 0.711. The summed E-state index contributed by atoms with van der Waals surface area (Å²) in [6, 6.07) is 23.3. The summed E-state index contributed by atoms with van der Waals surface area (Å²) in [5, 5.41) is 14.2. The number of anilines is 1. The van der Waals surface area contributed by atoms with Gasteiger partial charge < -0.3 is 5.32 Å². The predicted octanol–water partition coefficient (Wildman–Crippen LogP) is 7.33. The topological polar surface area (TPSA) is 72.7 Å². The maximum Gasteiger partial charge on any atom is 0.236 e. The highest BCUT2D eigenvalue weighted by Gasteiger charge is 2.19. The van der Waals surface area contributed by atoms with Crippen LogP contribution in [0.2, 0.25) is 10.0 Å². The average molecular weight is 567 g/mol. The number of thiazole rings is 1. The van der Waals surface area contributed by atoms with Gasteiger partial charge in [0.15, 0.2) is 16.1 Å². The van der Waals surface area contributed by atoms with E-state index < -0.39 is 0 Å². The number of aromatic nitrogens is 4. The van der Waals surface area contributed by atoms with E-state index in [1.807, 2.05) is 72.2 Å². The minimum absolute atomic E-state index is 0.161. The van der Waals surface area contributed by atoms with E-state index in [2.05, 4.69) is 20.5 Å². The van der Waals surface area contributed by atoms with E-state index in [-0.39, 0.29) is 11.7 Å². The fraction of sp³-hybridized carbons (Fsp3) is 0.111. The van der Waals surface area contributed by atoms with Crippen molar-refractivity contribution in [2.45, 2.75) is 18.5 Å². The van der Waals surface area contributed by atoms with E-state index in [9.17, 15) is 4.79 Å². The number of hydrogen-bond donors (Lipinski definition) is 1. The second kappa shape index (κ2) is 11.5. The molecule has 37 heavy (non-hydrogen) atoms. The van der Waals surface area contributed by atoms with Gasteiger partial charge in [-0.15, -0.1) is 21.5 Å². The lowest BCUT2D eigenvalue weighted by atomic mass is 10.1. The molecule has 0 saturated carbocycles. The van der Waals surface area contributed by atoms with Gasteiger partial charge in [0.25, 0.3) is 0 Å². The van der Waals surface area contributed by atoms with E-state index in [4.69, 9.17) is 23.2 Å². The summed E-state index contributed by atoms with van der Waals surface area (Å²) in [6.45, 7) is 2.04. The normalized spacial score (nSPS) is 11.0. The molecule has 0 bridgehead atoms. The summed E-state index contributed by atoms with van der Waals surface area (Å²) in [7, 11) is 0. The summed E-state index contributed by atoms with van der Waals surface area (Å²) >= 11 is 15.1. The zero-order chi connectivity index (χ0) is 25.8. The molecule has 1 amide bonds. The highest BCUT2D eigenvalue weighted by molar-refractivity contribution is 7.99. The van der Waals surface area contributed by atoms with Crippen molar-refractivity contribution < 1.29 is 4.79 Å². The molecule has 5 rings (SSSR count). The van der Waals surface area contributed by atoms with E-state index in [0.717, 1.165) is 33.1 Å². The molecule has 2 aromatic heterocycles. The smallest absolute Gasteiger partial charge is 0.236 e. The maximum atomic E-state index is 12.8. The van der Waals surface area contributed by atoms with Gasteiger partial charge in [-0.1, -0.05) is 83.5 Å². The molecule has 0 aliphatic heterocycles. The van der Waals surface area contributed by atoms with Crippen molar-refractivity contribution in [3.63, 3.8) is 0 Å². The lowest BCUT2D eigenvalue weighted by molar-refractivity contribution is -0.113. The molecular weight excluding hydrogens is 545 g/mol. The molecule has 0 fully saturated rings. The lowest BCUT2D eigenvalue weighted by Crippen LogP contribution is -2.14. The molecule has 0 unspecified atom stereocenters. The van der Waals surface area contributed by atoms with Crippen LogP contribution in [0, 0.1) is 6.92 Å². The highest BCUT2D eigenvalue weighted by Crippen LogP contribution is 2.30. The molecule has 186 valence electrons. The molecular formula is C27H21Cl2N5OS2. The van der Waals surface area contributed by atoms with Crippen LogP contribution in [-0.4, -0.2) is 31.4 Å². The zero-order valence-electron chi connectivity index (χ0n) is 19.7. The second-order valence-corrected chi connectivity index (χ2v) is 11.1. The van der Waals surface area contributed by atoms with Crippen LogP contribution >= 0.6 is 46.3 Å². The number of thioether (sulfide) groups is 1. The SMILES string of the molecule is Cc1ccccc1-n1c(SCC(=O)Nc2ncc(Cc3cc(Cl)ccc3Cl)s2)nnc1-c1ccccc1. The van der Waals surface area contributed by atoms with Gasteiger partial charge in [-0.3, -0.25) is 9.36 Å². The van der Waals surface area contributed by atoms with E-state index in [1.165, 1.54) is 23.1 Å². The van der Waals surface area contributed by atoms with Crippen LogP contribution in [0.25, 0.3) is 17.1 Å². The number of para-hydroxylation sites is 1. The molecule has 6 nitrogen and oxygen atoms in total. The quantitative estimate of drug-likeness (QED) is 0.199. The molecule has 3 aromatic carbocycles. The Hall–Kier alpha value is -3.17. The van der Waals surface area contributed by atoms with Crippen LogP contribution in [-0.2, 0) is 11.2 Å². The third-order valence-corrected chi connectivity index (χ3v) is 7.97. The van der Waals surface area contributed by atoms with Crippen molar-refractivity contribution in [2.24, 2.45) is 0 Å². The number of nitrogens with zero attached hydrogens (tertiary/aromatic N) is 4. The van der Waals surface area contributed by atoms with Crippen molar-refractivity contribution in [1.82, 2.24) is 19.7 Å². The number of nitrogens with one attached hydrogen (secondary N) is 1. The second-order valence-electron chi connectivity index (χ2n) is 8.18. The first kappa shape index (κ1) is 25.5. The molecule has 5 aromatic rings. The van der Waals surface area contributed by atoms with Crippen LogP contribution in [0.3, 0.4) is 0 Å². The number of halogens is 2. The Morgan fingerprint density at radius 2 is 1.81 bits per heavy atom. The van der Waals surface area contributed by atoms with Gasteiger partial charge in [0, 0.05) is 33.1 Å². The molecule has 0 atom stereocenters. The van der Waals surface area contributed by atoms with Crippen molar-refractivity contribution >= 4 is 57.3 Å². The number of aryl methyl sites for hydroxylation is 1. The summed E-state index contributed by atoms with van der Waals surface area (Å²) in [6.07, 6.45) is 2.33. The Kier molecular flexibility index (Phi) is 7.90. The molecule has 0 aliphatic rings. The predicted molar refractivity (Wildman–Crippen MR) is 152 cm³/mol. The Morgan fingerprint density at radius 1 is 1.03 bits per heavy atom. The molecule has 0 aliphatic carbocycles. The molecule has 0 spiro atoms. The van der Waals surface area contributed by atoms with Crippen molar-refractivity contribution in [3.05, 3.63) is 105 Å². The monoisotopic (exact) mass is 565 g/mol. The Bertz CT molecular complexity index is 1550. The molecule has 10 heteroatoms. The number of hydrogen-bond acceptors (Lipinski definition) is 6. The van der Waals surface area contributed by atoms with E-state index >= 15 is 0 Å². The first-order valence-corrected chi connectivity index (χ1v) is 13.9. The molecule has 1 N–H and O–H groups in total. The Balaban J connectivity index is 1.30. The van der Waals surface area contributed by atoms with Gasteiger partial charge in [0.2, 0.25) is 5.91 Å². The van der Waals surface area contributed by atoms with E-state index in [0.29, 0.717) is 26.8 Å². The van der Waals surface area contributed by atoms with E-state index in [1.54, 1.807) is 18.3 Å². The van der Waals surface area contributed by atoms with Crippen molar-refractivity contribution in [3.8, 4) is 17.1 Å². The number of carbonyl (C=O) groups is 1. The van der Waals surface area contributed by atoms with Crippen LogP contribution < -0.4 is 5.32 Å². The van der Waals surface area contributed by atoms with Gasteiger partial charge >= 0.3 is 0 Å². The minimum atomic E-state index is -0.174. The van der Waals surface area contributed by atoms with Crippen molar-refractivity contribution in [2.75, 3.05) is 11.1 Å². The van der Waals surface area contributed by atoms with Gasteiger partial charge in [-0.05, 0) is 42.3 Å². The third kappa shape index (κ3) is 6.05. The Labute approximate surface area is 232 Å². The van der Waals surface area contributed by atoms with Gasteiger partial charge in [-0.2, -0.15) is 0 Å². The van der Waals surface area contributed by atoms with Crippen LogP contribution in [0.5, 0.6) is 0 Å². The van der Waals surface area contributed by atoms with Gasteiger partial charge in [-0.25, -0.2) is 4.98 Å². The minimum Gasteiger partial charge on any atom is -0.301 e. The largest absolute Gasteiger partial charge is 0.301 e. The molecule has 0 saturated heterocycles. The number of benzene rings is 3. The fourth-order valence-electron chi connectivity index (χ4n) is 3.77. The van der Waals surface area contributed by atoms with Gasteiger partial charge in [0.05, 0.1) is 11.4 Å². The summed E-state index contributed by atoms with van der Waals surface area (Å²) in [4.78, 5) is 18.1. The van der Waals surface area contributed by atoms with Crippen LogP contribution in [0.1, 0.15) is 16.0 Å².